The number of nitrogen functional groups attached to an aromatic ring is 1. The number of nitrogens with one attached hydrogen (secondary N) is 2. The van der Waals surface area contributed by atoms with Gasteiger partial charge in [-0.2, -0.15) is 4.98 Å². The van der Waals surface area contributed by atoms with Gasteiger partial charge in [0.2, 0.25) is 5.95 Å². The molecule has 2 heterocycles. The van der Waals surface area contributed by atoms with Crippen LogP contribution in [0.4, 0.5) is 21.8 Å². The molecule has 0 amide bonds. The van der Waals surface area contributed by atoms with E-state index >= 15 is 0 Å². The molecule has 0 aliphatic rings. The molecule has 3 rings (SSSR count). The van der Waals surface area contributed by atoms with E-state index < -0.39 is 0 Å². The van der Waals surface area contributed by atoms with Gasteiger partial charge in [0, 0.05) is 11.3 Å². The van der Waals surface area contributed by atoms with E-state index in [1.807, 2.05) is 11.4 Å². The first kappa shape index (κ1) is 12.8. The molecule has 4 N–H and O–H groups in total. The Labute approximate surface area is 118 Å². The highest BCUT2D eigenvalue weighted by Gasteiger charge is 2.10. The highest BCUT2D eigenvalue weighted by Crippen LogP contribution is 2.29. The molecule has 102 valence electrons. The van der Waals surface area contributed by atoms with E-state index in [9.17, 15) is 4.39 Å². The van der Waals surface area contributed by atoms with E-state index in [1.165, 1.54) is 17.4 Å². The number of hydrazine groups is 1. The third kappa shape index (κ3) is 2.17. The number of nitrogens with two attached hydrogens (primary N) is 1. The van der Waals surface area contributed by atoms with E-state index in [-0.39, 0.29) is 5.82 Å². The fourth-order valence-corrected chi connectivity index (χ4v) is 2.65. The van der Waals surface area contributed by atoms with Crippen molar-refractivity contribution >= 4 is 39.0 Å². The molecule has 0 aliphatic heterocycles. The second-order valence-corrected chi connectivity index (χ2v) is 5.11. The number of halogens is 1. The van der Waals surface area contributed by atoms with Crippen LogP contribution in [-0.2, 0) is 0 Å². The Balaban J connectivity index is 2.10. The molecular weight excluding hydrogens is 277 g/mol. The van der Waals surface area contributed by atoms with Crippen LogP contribution < -0.4 is 16.6 Å². The number of anilines is 3. The highest BCUT2D eigenvalue weighted by molar-refractivity contribution is 7.16. The molecule has 7 heteroatoms. The lowest BCUT2D eigenvalue weighted by Crippen LogP contribution is -2.11. The predicted molar refractivity (Wildman–Crippen MR) is 79.6 cm³/mol. The molecule has 0 bridgehead atoms. The second kappa shape index (κ2) is 5.03. The molecule has 3 aromatic rings. The number of aromatic nitrogens is 2. The van der Waals surface area contributed by atoms with Crippen molar-refractivity contribution in [3.05, 3.63) is 41.0 Å². The Morgan fingerprint density at radius 1 is 1.25 bits per heavy atom. The number of nitrogens with zero attached hydrogens (tertiary/aromatic N) is 2. The first-order valence-electron chi connectivity index (χ1n) is 5.93. The van der Waals surface area contributed by atoms with Gasteiger partial charge in [0.1, 0.15) is 16.5 Å². The van der Waals surface area contributed by atoms with Crippen LogP contribution in [0.2, 0.25) is 0 Å². The molecule has 1 aromatic carbocycles. The number of hydrogen-bond acceptors (Lipinski definition) is 6. The first-order chi connectivity index (χ1) is 9.69. The summed E-state index contributed by atoms with van der Waals surface area (Å²) in [6, 6.07) is 6.79. The van der Waals surface area contributed by atoms with Crippen molar-refractivity contribution < 1.29 is 4.39 Å². The number of rotatable bonds is 3. The third-order valence-electron chi connectivity index (χ3n) is 2.97. The molecule has 0 fully saturated rings. The summed E-state index contributed by atoms with van der Waals surface area (Å²) < 4.78 is 13.6. The van der Waals surface area contributed by atoms with Crippen LogP contribution in [0.25, 0.3) is 10.2 Å². The summed E-state index contributed by atoms with van der Waals surface area (Å²) in [5, 5.41) is 5.93. The van der Waals surface area contributed by atoms with Gasteiger partial charge in [-0.25, -0.2) is 15.2 Å². The molecule has 20 heavy (non-hydrogen) atoms. The number of thiophene rings is 1. The van der Waals surface area contributed by atoms with Crippen LogP contribution in [0.5, 0.6) is 0 Å². The van der Waals surface area contributed by atoms with Crippen LogP contribution in [0.3, 0.4) is 0 Å². The summed E-state index contributed by atoms with van der Waals surface area (Å²) in [5.74, 6) is 6.02. The van der Waals surface area contributed by atoms with Gasteiger partial charge in [0.15, 0.2) is 0 Å². The molecule has 0 atom stereocenters. The van der Waals surface area contributed by atoms with Gasteiger partial charge in [0.05, 0.1) is 5.39 Å². The minimum atomic E-state index is -0.261. The Bertz CT molecular complexity index is 771. The summed E-state index contributed by atoms with van der Waals surface area (Å²) in [6.07, 6.45) is 0. The number of benzene rings is 1. The molecule has 0 saturated carbocycles. The normalized spacial score (nSPS) is 10.8. The smallest absolute Gasteiger partial charge is 0.240 e. The van der Waals surface area contributed by atoms with Crippen molar-refractivity contribution in [2.24, 2.45) is 5.84 Å². The van der Waals surface area contributed by atoms with Crippen LogP contribution >= 0.6 is 11.3 Å². The summed E-state index contributed by atoms with van der Waals surface area (Å²) >= 11 is 1.49. The molecule has 0 radical (unpaired) electrons. The molecule has 0 saturated heterocycles. The van der Waals surface area contributed by atoms with Crippen molar-refractivity contribution in [3.63, 3.8) is 0 Å². The quantitative estimate of drug-likeness (QED) is 0.510. The lowest BCUT2D eigenvalue weighted by Gasteiger charge is -2.11. The first-order valence-corrected chi connectivity index (χ1v) is 6.81. The van der Waals surface area contributed by atoms with E-state index in [0.717, 1.165) is 10.2 Å². The van der Waals surface area contributed by atoms with Gasteiger partial charge < -0.3 is 5.32 Å². The molecular formula is C13H12FN5S. The van der Waals surface area contributed by atoms with E-state index in [4.69, 9.17) is 5.84 Å². The minimum Gasteiger partial charge on any atom is -0.339 e. The van der Waals surface area contributed by atoms with Crippen molar-refractivity contribution in [1.29, 1.82) is 0 Å². The van der Waals surface area contributed by atoms with Crippen molar-refractivity contribution in [1.82, 2.24) is 9.97 Å². The number of hydrogen-bond donors (Lipinski definition) is 3. The average Bonchev–Trinajstić information content (AvgIpc) is 2.92. The van der Waals surface area contributed by atoms with Gasteiger partial charge >= 0.3 is 0 Å². The summed E-state index contributed by atoms with van der Waals surface area (Å²) in [5.41, 5.74) is 3.64. The lowest BCUT2D eigenvalue weighted by molar-refractivity contribution is 0.619. The average molecular weight is 289 g/mol. The van der Waals surface area contributed by atoms with E-state index in [2.05, 4.69) is 20.7 Å². The van der Waals surface area contributed by atoms with Crippen LogP contribution in [0.1, 0.15) is 5.56 Å². The maximum Gasteiger partial charge on any atom is 0.240 e. The Kier molecular flexibility index (Phi) is 3.21. The SMILES string of the molecule is Cc1c(F)cccc1Nc1nc(NN)nc2sccc12. The van der Waals surface area contributed by atoms with E-state index in [1.54, 1.807) is 19.1 Å². The summed E-state index contributed by atoms with van der Waals surface area (Å²) in [6.45, 7) is 1.71. The molecule has 5 nitrogen and oxygen atoms in total. The maximum atomic E-state index is 13.6. The van der Waals surface area contributed by atoms with Crippen LogP contribution in [0, 0.1) is 12.7 Å². The zero-order chi connectivity index (χ0) is 14.1. The monoisotopic (exact) mass is 289 g/mol. The van der Waals surface area contributed by atoms with Gasteiger partial charge in [-0.05, 0) is 30.5 Å². The Morgan fingerprint density at radius 2 is 2.10 bits per heavy atom. The highest BCUT2D eigenvalue weighted by atomic mass is 32.1. The van der Waals surface area contributed by atoms with Crippen molar-refractivity contribution in [2.75, 3.05) is 10.7 Å². The molecule has 2 aromatic heterocycles. The molecule has 0 unspecified atom stereocenters. The zero-order valence-electron chi connectivity index (χ0n) is 10.6. The van der Waals surface area contributed by atoms with Crippen LogP contribution in [0.15, 0.2) is 29.6 Å². The van der Waals surface area contributed by atoms with Crippen molar-refractivity contribution in [2.45, 2.75) is 6.92 Å². The van der Waals surface area contributed by atoms with Gasteiger partial charge in [-0.1, -0.05) is 6.07 Å². The summed E-state index contributed by atoms with van der Waals surface area (Å²) in [4.78, 5) is 9.35. The Morgan fingerprint density at radius 3 is 2.90 bits per heavy atom. The lowest BCUT2D eigenvalue weighted by atomic mass is 10.2. The molecule has 0 spiro atoms. The predicted octanol–water partition coefficient (Wildman–Crippen LogP) is 3.17. The topological polar surface area (TPSA) is 75.9 Å². The standard InChI is InChI=1S/C13H12FN5S/c1-7-9(14)3-2-4-10(7)16-11-8-5-6-20-12(8)18-13(17-11)19-15/h2-6H,15H2,1H3,(H2,16,17,18,19). The minimum absolute atomic E-state index is 0.261. The third-order valence-corrected chi connectivity index (χ3v) is 3.78. The second-order valence-electron chi connectivity index (χ2n) is 4.22. The van der Waals surface area contributed by atoms with Crippen LogP contribution in [-0.4, -0.2) is 9.97 Å². The maximum absolute atomic E-state index is 13.6. The van der Waals surface area contributed by atoms with Gasteiger partial charge in [-0.3, -0.25) is 5.43 Å². The van der Waals surface area contributed by atoms with E-state index in [0.29, 0.717) is 23.0 Å². The Hall–Kier alpha value is -2.25. The van der Waals surface area contributed by atoms with Crippen molar-refractivity contribution in [3.8, 4) is 0 Å². The van der Waals surface area contributed by atoms with Gasteiger partial charge in [0.25, 0.3) is 0 Å². The zero-order valence-corrected chi connectivity index (χ0v) is 11.5. The largest absolute Gasteiger partial charge is 0.339 e. The summed E-state index contributed by atoms with van der Waals surface area (Å²) in [7, 11) is 0. The number of fused-ring (bicyclic) bond motifs is 1. The fraction of sp³-hybridized carbons (Fsp3) is 0.0769. The van der Waals surface area contributed by atoms with Gasteiger partial charge in [-0.15, -0.1) is 11.3 Å². The fourth-order valence-electron chi connectivity index (χ4n) is 1.89. The molecule has 0 aliphatic carbocycles.